The maximum atomic E-state index is 10.8. The Hall–Kier alpha value is -1.35. The van der Waals surface area contributed by atoms with Gasteiger partial charge in [-0.2, -0.15) is 0 Å². The number of carbonyl (C=O) groups is 1. The quantitative estimate of drug-likeness (QED) is 0.570. The highest BCUT2D eigenvalue weighted by molar-refractivity contribution is 5.66. The number of hydrogen-bond acceptors (Lipinski definition) is 2. The zero-order valence-electron chi connectivity index (χ0n) is 17.1. The molecule has 0 unspecified atom stereocenters. The van der Waals surface area contributed by atoms with Crippen molar-refractivity contribution in [1.29, 1.82) is 0 Å². The normalized spacial score (nSPS) is 37.0. The number of carboxylic acid groups (broad SMARTS) is 1. The van der Waals surface area contributed by atoms with Gasteiger partial charge in [0.2, 0.25) is 0 Å². The average molecular weight is 372 g/mol. The number of nitrogens with two attached hydrogens (primary N) is 1. The second kappa shape index (κ2) is 8.34. The maximum absolute atomic E-state index is 10.8. The molecule has 3 rings (SSSR count). The summed E-state index contributed by atoms with van der Waals surface area (Å²) in [4.78, 5) is 10.8. The van der Waals surface area contributed by atoms with E-state index >= 15 is 0 Å². The number of carboxylic acids is 1. The van der Waals surface area contributed by atoms with Gasteiger partial charge in [-0.25, -0.2) is 0 Å². The van der Waals surface area contributed by atoms with Crippen LogP contribution < -0.4 is 5.73 Å². The van der Waals surface area contributed by atoms with Gasteiger partial charge >= 0.3 is 5.97 Å². The van der Waals surface area contributed by atoms with Crippen LogP contribution in [0, 0.1) is 11.3 Å². The Balaban J connectivity index is 1.72. The molecule has 0 spiro atoms. The molecule has 27 heavy (non-hydrogen) atoms. The molecule has 3 nitrogen and oxygen atoms in total. The Kier molecular flexibility index (Phi) is 6.30. The number of allylic oxidation sites excluding steroid dienone is 4. The first-order valence-electron chi connectivity index (χ1n) is 11.0. The Morgan fingerprint density at radius 2 is 1.96 bits per heavy atom. The minimum atomic E-state index is -0.680. The molecule has 3 atom stereocenters. The van der Waals surface area contributed by atoms with E-state index in [-0.39, 0.29) is 11.0 Å². The molecule has 0 radical (unpaired) electrons. The molecule has 3 heteroatoms. The van der Waals surface area contributed by atoms with Gasteiger partial charge in [0.1, 0.15) is 0 Å². The molecule has 0 aromatic rings. The molecular weight excluding hydrogens is 334 g/mol. The highest BCUT2D eigenvalue weighted by Gasteiger charge is 2.57. The van der Waals surface area contributed by atoms with E-state index in [2.05, 4.69) is 25.7 Å². The molecular formula is C24H37NO2. The number of hydrogen-bond donors (Lipinski definition) is 2. The van der Waals surface area contributed by atoms with Crippen molar-refractivity contribution < 1.29 is 9.90 Å². The summed E-state index contributed by atoms with van der Waals surface area (Å²) in [6.45, 7) is 6.66. The molecule has 150 valence electrons. The smallest absolute Gasteiger partial charge is 0.303 e. The summed E-state index contributed by atoms with van der Waals surface area (Å²) in [7, 11) is 0. The van der Waals surface area contributed by atoms with Crippen LogP contribution in [0.2, 0.25) is 0 Å². The predicted molar refractivity (Wildman–Crippen MR) is 111 cm³/mol. The molecule has 3 saturated carbocycles. The van der Waals surface area contributed by atoms with Gasteiger partial charge in [-0.15, -0.1) is 0 Å². The number of fused-ring (bicyclic) bond motifs is 1. The lowest BCUT2D eigenvalue weighted by Crippen LogP contribution is -2.55. The molecule has 0 aromatic carbocycles. The molecule has 3 aliphatic carbocycles. The van der Waals surface area contributed by atoms with E-state index in [4.69, 9.17) is 10.8 Å². The Bertz CT molecular complexity index is 647. The largest absolute Gasteiger partial charge is 0.481 e. The summed E-state index contributed by atoms with van der Waals surface area (Å²) in [6, 6.07) is 0. The van der Waals surface area contributed by atoms with Crippen LogP contribution in [-0.2, 0) is 4.79 Å². The third-order valence-corrected chi connectivity index (χ3v) is 7.83. The second-order valence-electron chi connectivity index (χ2n) is 9.31. The predicted octanol–water partition coefficient (Wildman–Crippen LogP) is 5.91. The SMILES string of the molecule is C=C1CCCC/C1=C/C=C1\CCC[C@]2(C)[C@@H](CCCCC(=O)O)CC[C@@]12N. The van der Waals surface area contributed by atoms with E-state index in [1.165, 1.54) is 48.8 Å². The van der Waals surface area contributed by atoms with Crippen LogP contribution in [-0.4, -0.2) is 16.6 Å². The minimum Gasteiger partial charge on any atom is -0.481 e. The van der Waals surface area contributed by atoms with Crippen LogP contribution in [0.25, 0.3) is 0 Å². The van der Waals surface area contributed by atoms with Gasteiger partial charge < -0.3 is 10.8 Å². The van der Waals surface area contributed by atoms with Crippen molar-refractivity contribution in [2.45, 2.75) is 95.9 Å². The third-order valence-electron chi connectivity index (χ3n) is 7.83. The summed E-state index contributed by atoms with van der Waals surface area (Å²) >= 11 is 0. The van der Waals surface area contributed by atoms with E-state index in [0.29, 0.717) is 12.3 Å². The van der Waals surface area contributed by atoms with Gasteiger partial charge in [-0.1, -0.05) is 37.6 Å². The van der Waals surface area contributed by atoms with Crippen molar-refractivity contribution in [2.75, 3.05) is 0 Å². The molecule has 0 heterocycles. The first-order chi connectivity index (χ1) is 12.9. The molecule has 0 aromatic heterocycles. The zero-order chi connectivity index (χ0) is 19.5. The van der Waals surface area contributed by atoms with Crippen molar-refractivity contribution in [3.05, 3.63) is 35.5 Å². The lowest BCUT2D eigenvalue weighted by molar-refractivity contribution is -0.137. The standard InChI is InChI=1S/C24H37NO2/c1-18-8-3-4-9-19(18)13-14-21-11-7-16-23(2)20(15-17-24(21,23)25)10-5-6-12-22(26)27/h13-14,20H,1,3-12,15-17,25H2,2H3,(H,26,27)/b19-13-,21-14+/t20-,23+,24+/m0/s1. The summed E-state index contributed by atoms with van der Waals surface area (Å²) in [5, 5.41) is 8.87. The highest BCUT2D eigenvalue weighted by Crippen LogP contribution is 2.59. The van der Waals surface area contributed by atoms with E-state index in [1.807, 2.05) is 0 Å². The zero-order valence-corrected chi connectivity index (χ0v) is 17.1. The van der Waals surface area contributed by atoms with Crippen molar-refractivity contribution in [3.63, 3.8) is 0 Å². The topological polar surface area (TPSA) is 63.3 Å². The fourth-order valence-electron chi connectivity index (χ4n) is 5.95. The van der Waals surface area contributed by atoms with E-state index in [1.54, 1.807) is 0 Å². The van der Waals surface area contributed by atoms with Gasteiger partial charge in [0.15, 0.2) is 0 Å². The molecule has 0 aliphatic heterocycles. The molecule has 3 fully saturated rings. The summed E-state index contributed by atoms with van der Waals surface area (Å²) in [5.41, 5.74) is 11.3. The first-order valence-corrected chi connectivity index (χ1v) is 11.0. The van der Waals surface area contributed by atoms with Gasteiger partial charge in [-0.05, 0) is 93.1 Å². The molecule has 0 saturated heterocycles. The van der Waals surface area contributed by atoms with Gasteiger partial charge in [0.25, 0.3) is 0 Å². The average Bonchev–Trinajstić information content (AvgIpc) is 2.89. The molecule has 3 N–H and O–H groups in total. The van der Waals surface area contributed by atoms with Gasteiger partial charge in [-0.3, -0.25) is 4.79 Å². The first kappa shape index (κ1) is 20.4. The fraction of sp³-hybridized carbons (Fsp3) is 0.708. The maximum Gasteiger partial charge on any atom is 0.303 e. The second-order valence-corrected chi connectivity index (χ2v) is 9.31. The molecule has 3 aliphatic rings. The highest BCUT2D eigenvalue weighted by atomic mass is 16.4. The molecule has 0 amide bonds. The fourth-order valence-corrected chi connectivity index (χ4v) is 5.95. The summed E-state index contributed by atoms with van der Waals surface area (Å²) in [5.74, 6) is -0.0571. The van der Waals surface area contributed by atoms with Crippen LogP contribution in [0.1, 0.15) is 90.4 Å². The summed E-state index contributed by atoms with van der Waals surface area (Å²) < 4.78 is 0. The Morgan fingerprint density at radius 1 is 1.19 bits per heavy atom. The van der Waals surface area contributed by atoms with Crippen LogP contribution in [0.5, 0.6) is 0 Å². The third kappa shape index (κ3) is 4.08. The Labute approximate surface area is 164 Å². The van der Waals surface area contributed by atoms with Crippen molar-refractivity contribution in [1.82, 2.24) is 0 Å². The monoisotopic (exact) mass is 371 g/mol. The number of aliphatic carboxylic acids is 1. The molecule has 0 bridgehead atoms. The van der Waals surface area contributed by atoms with E-state index in [0.717, 1.165) is 44.9 Å². The van der Waals surface area contributed by atoms with Crippen LogP contribution in [0.15, 0.2) is 35.5 Å². The van der Waals surface area contributed by atoms with Crippen molar-refractivity contribution >= 4 is 5.97 Å². The number of rotatable bonds is 6. The lowest BCUT2D eigenvalue weighted by atomic mass is 9.58. The summed E-state index contributed by atoms with van der Waals surface area (Å²) in [6.07, 6.45) is 18.5. The number of unbranched alkanes of at least 4 members (excludes halogenated alkanes) is 1. The van der Waals surface area contributed by atoms with Crippen LogP contribution in [0.3, 0.4) is 0 Å². The lowest BCUT2D eigenvalue weighted by Gasteiger charge is -2.50. The Morgan fingerprint density at radius 3 is 2.70 bits per heavy atom. The van der Waals surface area contributed by atoms with Crippen LogP contribution in [0.4, 0.5) is 0 Å². The van der Waals surface area contributed by atoms with Crippen LogP contribution >= 0.6 is 0 Å². The van der Waals surface area contributed by atoms with E-state index < -0.39 is 5.97 Å². The van der Waals surface area contributed by atoms with Gasteiger partial charge in [0.05, 0.1) is 0 Å². The van der Waals surface area contributed by atoms with E-state index in [9.17, 15) is 4.79 Å². The van der Waals surface area contributed by atoms with Crippen molar-refractivity contribution in [2.24, 2.45) is 17.1 Å². The van der Waals surface area contributed by atoms with Gasteiger partial charge in [0, 0.05) is 12.0 Å². The minimum absolute atomic E-state index is 0.155. The van der Waals surface area contributed by atoms with Crippen molar-refractivity contribution in [3.8, 4) is 0 Å².